The summed E-state index contributed by atoms with van der Waals surface area (Å²) in [6.45, 7) is 0.346. The van der Waals surface area contributed by atoms with Gasteiger partial charge >= 0.3 is 0 Å². The number of carbonyl (C=O) groups is 1. The molecular weight excluding hydrogens is 326 g/mol. The molecular formula is C18H21NO4S. The Bertz CT molecular complexity index is 718. The first-order valence-electron chi connectivity index (χ1n) is 7.49. The molecule has 0 aromatic heterocycles. The van der Waals surface area contributed by atoms with Crippen LogP contribution < -0.4 is 14.8 Å². The standard InChI is InChI=1S/C18H21NO4S/c1-22-16-8-5-6-14(10-16)12-24(21)13-18(20)19-11-15-7-3-4-9-17(15)23-2/h3-10H,11-13H2,1-2H3,(H,19,20). The van der Waals surface area contributed by atoms with E-state index >= 15 is 0 Å². The van der Waals surface area contributed by atoms with Crippen LogP contribution in [0.4, 0.5) is 0 Å². The van der Waals surface area contributed by atoms with Crippen molar-refractivity contribution < 1.29 is 18.5 Å². The molecule has 1 amide bonds. The van der Waals surface area contributed by atoms with E-state index in [4.69, 9.17) is 9.47 Å². The summed E-state index contributed by atoms with van der Waals surface area (Å²) in [5.41, 5.74) is 1.76. The number of hydrogen-bond donors (Lipinski definition) is 1. The van der Waals surface area contributed by atoms with Gasteiger partial charge in [-0.25, -0.2) is 0 Å². The van der Waals surface area contributed by atoms with Gasteiger partial charge in [-0.05, 0) is 23.8 Å². The van der Waals surface area contributed by atoms with Crippen LogP contribution in [0, 0.1) is 0 Å². The Labute approximate surface area is 144 Å². The van der Waals surface area contributed by atoms with Crippen molar-refractivity contribution in [2.24, 2.45) is 0 Å². The van der Waals surface area contributed by atoms with E-state index in [0.29, 0.717) is 18.0 Å². The molecule has 0 fully saturated rings. The van der Waals surface area contributed by atoms with E-state index < -0.39 is 10.8 Å². The highest BCUT2D eigenvalue weighted by atomic mass is 32.2. The molecule has 0 radical (unpaired) electrons. The zero-order valence-electron chi connectivity index (χ0n) is 13.8. The number of methoxy groups -OCH3 is 2. The van der Waals surface area contributed by atoms with Crippen LogP contribution in [0.25, 0.3) is 0 Å². The molecule has 5 nitrogen and oxygen atoms in total. The van der Waals surface area contributed by atoms with Crippen molar-refractivity contribution >= 4 is 16.7 Å². The van der Waals surface area contributed by atoms with Crippen molar-refractivity contribution in [3.05, 3.63) is 59.7 Å². The minimum atomic E-state index is -1.28. The summed E-state index contributed by atoms with van der Waals surface area (Å²) in [6.07, 6.45) is 0. The first kappa shape index (κ1) is 18.0. The van der Waals surface area contributed by atoms with Crippen LogP contribution in [0.15, 0.2) is 48.5 Å². The summed E-state index contributed by atoms with van der Waals surface area (Å²) in [5.74, 6) is 1.47. The maximum atomic E-state index is 12.1. The van der Waals surface area contributed by atoms with E-state index in [1.807, 2.05) is 48.5 Å². The number of ether oxygens (including phenoxy) is 2. The van der Waals surface area contributed by atoms with Gasteiger partial charge in [-0.2, -0.15) is 0 Å². The van der Waals surface area contributed by atoms with E-state index in [9.17, 15) is 9.00 Å². The zero-order chi connectivity index (χ0) is 17.4. The molecule has 1 atom stereocenters. The molecule has 0 aliphatic rings. The van der Waals surface area contributed by atoms with Gasteiger partial charge in [-0.3, -0.25) is 9.00 Å². The average Bonchev–Trinajstić information content (AvgIpc) is 2.60. The minimum absolute atomic E-state index is 0.0354. The predicted octanol–water partition coefficient (Wildman–Crippen LogP) is 2.27. The normalized spacial score (nSPS) is 11.6. The lowest BCUT2D eigenvalue weighted by atomic mass is 10.2. The second kappa shape index (κ2) is 9.08. The third kappa shape index (κ3) is 5.38. The number of rotatable bonds is 8. The van der Waals surface area contributed by atoms with Crippen LogP contribution in [0.5, 0.6) is 11.5 Å². The molecule has 6 heteroatoms. The molecule has 128 valence electrons. The maximum Gasteiger partial charge on any atom is 0.232 e. The molecule has 0 aliphatic heterocycles. The Morgan fingerprint density at radius 3 is 2.62 bits per heavy atom. The second-order valence-electron chi connectivity index (χ2n) is 5.17. The quantitative estimate of drug-likeness (QED) is 0.796. The van der Waals surface area contributed by atoms with Crippen molar-refractivity contribution in [2.45, 2.75) is 12.3 Å². The maximum absolute atomic E-state index is 12.1. The minimum Gasteiger partial charge on any atom is -0.497 e. The second-order valence-corrected chi connectivity index (χ2v) is 6.63. The zero-order valence-corrected chi connectivity index (χ0v) is 14.6. The number of para-hydroxylation sites is 1. The van der Waals surface area contributed by atoms with Crippen molar-refractivity contribution in [1.82, 2.24) is 5.32 Å². The number of carbonyl (C=O) groups excluding carboxylic acids is 1. The summed E-state index contributed by atoms with van der Waals surface area (Å²) in [7, 11) is 1.90. The fraction of sp³-hybridized carbons (Fsp3) is 0.278. The lowest BCUT2D eigenvalue weighted by Gasteiger charge is -2.09. The van der Waals surface area contributed by atoms with Crippen molar-refractivity contribution in [2.75, 3.05) is 20.0 Å². The van der Waals surface area contributed by atoms with Gasteiger partial charge in [0.25, 0.3) is 0 Å². The molecule has 1 N–H and O–H groups in total. The summed E-state index contributed by atoms with van der Waals surface area (Å²) in [6, 6.07) is 14.8. The van der Waals surface area contributed by atoms with E-state index in [1.165, 1.54) is 0 Å². The number of nitrogens with one attached hydrogen (secondary N) is 1. The Morgan fingerprint density at radius 2 is 1.88 bits per heavy atom. The molecule has 24 heavy (non-hydrogen) atoms. The monoisotopic (exact) mass is 347 g/mol. The molecule has 0 heterocycles. The van der Waals surface area contributed by atoms with Gasteiger partial charge in [0.2, 0.25) is 5.91 Å². The topological polar surface area (TPSA) is 64.6 Å². The van der Waals surface area contributed by atoms with Crippen LogP contribution in [0.3, 0.4) is 0 Å². The summed E-state index contributed by atoms with van der Waals surface area (Å²) < 4.78 is 22.5. The highest BCUT2D eigenvalue weighted by molar-refractivity contribution is 7.84. The Hall–Kier alpha value is -2.34. The Morgan fingerprint density at radius 1 is 1.08 bits per heavy atom. The first-order valence-corrected chi connectivity index (χ1v) is 8.97. The van der Waals surface area contributed by atoms with Crippen molar-refractivity contribution in [3.63, 3.8) is 0 Å². The van der Waals surface area contributed by atoms with Crippen LogP contribution in [0.2, 0.25) is 0 Å². The van der Waals surface area contributed by atoms with E-state index in [-0.39, 0.29) is 11.7 Å². The first-order chi connectivity index (χ1) is 11.6. The van der Waals surface area contributed by atoms with Gasteiger partial charge in [0, 0.05) is 28.7 Å². The molecule has 0 aliphatic carbocycles. The van der Waals surface area contributed by atoms with E-state index in [1.54, 1.807) is 14.2 Å². The highest BCUT2D eigenvalue weighted by Crippen LogP contribution is 2.17. The molecule has 2 aromatic carbocycles. The van der Waals surface area contributed by atoms with Gasteiger partial charge in [0.05, 0.1) is 14.2 Å². The fourth-order valence-electron chi connectivity index (χ4n) is 2.24. The molecule has 0 saturated carbocycles. The molecule has 0 spiro atoms. The smallest absolute Gasteiger partial charge is 0.232 e. The Balaban J connectivity index is 1.84. The Kier molecular flexibility index (Phi) is 6.81. The lowest BCUT2D eigenvalue weighted by molar-refractivity contribution is -0.118. The summed E-state index contributed by atoms with van der Waals surface area (Å²) >= 11 is 0. The highest BCUT2D eigenvalue weighted by Gasteiger charge is 2.10. The number of hydrogen-bond acceptors (Lipinski definition) is 4. The molecule has 1 unspecified atom stereocenters. The van der Waals surface area contributed by atoms with Crippen LogP contribution in [-0.2, 0) is 27.9 Å². The number of benzene rings is 2. The largest absolute Gasteiger partial charge is 0.497 e. The van der Waals surface area contributed by atoms with Crippen molar-refractivity contribution in [1.29, 1.82) is 0 Å². The van der Waals surface area contributed by atoms with Gasteiger partial charge in [-0.15, -0.1) is 0 Å². The van der Waals surface area contributed by atoms with E-state index in [2.05, 4.69) is 5.32 Å². The molecule has 0 saturated heterocycles. The molecule has 0 bridgehead atoms. The predicted molar refractivity (Wildman–Crippen MR) is 94.5 cm³/mol. The lowest BCUT2D eigenvalue weighted by Crippen LogP contribution is -2.28. The van der Waals surface area contributed by atoms with Gasteiger partial charge < -0.3 is 14.8 Å². The van der Waals surface area contributed by atoms with E-state index in [0.717, 1.165) is 16.9 Å². The number of amides is 1. The summed E-state index contributed by atoms with van der Waals surface area (Å²) in [4.78, 5) is 12.0. The summed E-state index contributed by atoms with van der Waals surface area (Å²) in [5, 5.41) is 2.78. The molecule has 2 aromatic rings. The van der Waals surface area contributed by atoms with Crippen LogP contribution >= 0.6 is 0 Å². The van der Waals surface area contributed by atoms with Crippen molar-refractivity contribution in [3.8, 4) is 11.5 Å². The molecule has 2 rings (SSSR count). The third-order valence-electron chi connectivity index (χ3n) is 3.42. The van der Waals surface area contributed by atoms with Gasteiger partial charge in [0.15, 0.2) is 0 Å². The fourth-order valence-corrected chi connectivity index (χ4v) is 3.29. The van der Waals surface area contributed by atoms with Gasteiger partial charge in [0.1, 0.15) is 17.3 Å². The van der Waals surface area contributed by atoms with Crippen LogP contribution in [-0.4, -0.2) is 30.1 Å². The average molecular weight is 347 g/mol. The third-order valence-corrected chi connectivity index (χ3v) is 4.66. The van der Waals surface area contributed by atoms with Crippen LogP contribution in [0.1, 0.15) is 11.1 Å². The van der Waals surface area contributed by atoms with Gasteiger partial charge in [-0.1, -0.05) is 30.3 Å². The SMILES string of the molecule is COc1cccc(CS(=O)CC(=O)NCc2ccccc2OC)c1.